The predicted molar refractivity (Wildman–Crippen MR) is 87.3 cm³/mol. The summed E-state index contributed by atoms with van der Waals surface area (Å²) in [5.74, 6) is 0.957. The number of fused-ring (bicyclic) bond motifs is 1. The molecule has 1 unspecified atom stereocenters. The Balaban J connectivity index is 1.89. The van der Waals surface area contributed by atoms with Crippen LogP contribution in [0.25, 0.3) is 0 Å². The second-order valence-corrected chi connectivity index (χ2v) is 6.51. The Bertz CT molecular complexity index is 646. The van der Waals surface area contributed by atoms with Gasteiger partial charge in [0.2, 0.25) is 0 Å². The zero-order valence-electron chi connectivity index (χ0n) is 11.0. The van der Waals surface area contributed by atoms with E-state index in [2.05, 4.69) is 54.3 Å². The molecule has 0 amide bonds. The van der Waals surface area contributed by atoms with Gasteiger partial charge >= 0.3 is 0 Å². The van der Waals surface area contributed by atoms with E-state index >= 15 is 0 Å². The zero-order chi connectivity index (χ0) is 14.1. The van der Waals surface area contributed by atoms with Gasteiger partial charge in [-0.3, -0.25) is 0 Å². The van der Waals surface area contributed by atoms with E-state index in [0.29, 0.717) is 0 Å². The van der Waals surface area contributed by atoms with Gasteiger partial charge in [0.1, 0.15) is 10.4 Å². The zero-order valence-corrected chi connectivity index (χ0v) is 14.2. The van der Waals surface area contributed by atoms with E-state index < -0.39 is 0 Å². The molecule has 0 bridgehead atoms. The fourth-order valence-electron chi connectivity index (χ4n) is 2.35. The summed E-state index contributed by atoms with van der Waals surface area (Å²) in [7, 11) is 0. The molecule has 2 aromatic rings. The van der Waals surface area contributed by atoms with Crippen molar-refractivity contribution in [2.24, 2.45) is 0 Å². The number of aromatic nitrogens is 1. The highest BCUT2D eigenvalue weighted by Crippen LogP contribution is 2.36. The fourth-order valence-corrected chi connectivity index (χ4v) is 2.95. The molecular formula is C15H14Br2N2O. The molecular weight excluding hydrogens is 384 g/mol. The summed E-state index contributed by atoms with van der Waals surface area (Å²) in [5.41, 5.74) is 3.34. The number of anilines is 1. The van der Waals surface area contributed by atoms with E-state index in [4.69, 9.17) is 4.74 Å². The van der Waals surface area contributed by atoms with Gasteiger partial charge in [0, 0.05) is 16.5 Å². The van der Waals surface area contributed by atoms with Crippen LogP contribution in [0.4, 0.5) is 5.69 Å². The van der Waals surface area contributed by atoms with E-state index in [1.807, 2.05) is 25.3 Å². The quantitative estimate of drug-likeness (QED) is 0.735. The average molecular weight is 398 g/mol. The number of pyridine rings is 1. The molecule has 3 nitrogen and oxygen atoms in total. The van der Waals surface area contributed by atoms with Crippen molar-refractivity contribution in [3.63, 3.8) is 0 Å². The molecule has 0 saturated carbocycles. The molecule has 1 aliphatic rings. The van der Waals surface area contributed by atoms with E-state index in [9.17, 15) is 0 Å². The molecule has 1 atom stereocenters. The summed E-state index contributed by atoms with van der Waals surface area (Å²) in [6, 6.07) is 8.49. The number of nitrogens with one attached hydrogen (secondary N) is 1. The number of rotatable bonds is 2. The third kappa shape index (κ3) is 2.83. The van der Waals surface area contributed by atoms with Gasteiger partial charge in [-0.2, -0.15) is 0 Å². The molecule has 0 radical (unpaired) electrons. The molecule has 1 N–H and O–H groups in total. The van der Waals surface area contributed by atoms with Crippen LogP contribution in [0.2, 0.25) is 0 Å². The van der Waals surface area contributed by atoms with Crippen molar-refractivity contribution in [2.75, 3.05) is 11.9 Å². The molecule has 1 aliphatic heterocycles. The Morgan fingerprint density at radius 3 is 2.95 bits per heavy atom. The Morgan fingerprint density at radius 1 is 1.30 bits per heavy atom. The minimum Gasteiger partial charge on any atom is -0.493 e. The smallest absolute Gasteiger partial charge is 0.124 e. The van der Waals surface area contributed by atoms with Crippen LogP contribution in [0.15, 0.2) is 39.5 Å². The van der Waals surface area contributed by atoms with Gasteiger partial charge in [0.25, 0.3) is 0 Å². The van der Waals surface area contributed by atoms with Gasteiger partial charge in [0.05, 0.1) is 24.5 Å². The van der Waals surface area contributed by atoms with Crippen molar-refractivity contribution in [3.05, 3.63) is 50.7 Å². The lowest BCUT2D eigenvalue weighted by Gasteiger charge is -2.27. The van der Waals surface area contributed by atoms with E-state index in [1.165, 1.54) is 5.56 Å². The van der Waals surface area contributed by atoms with E-state index in [1.54, 1.807) is 0 Å². The highest BCUT2D eigenvalue weighted by atomic mass is 79.9. The molecule has 0 saturated heterocycles. The average Bonchev–Trinajstić information content (AvgIpc) is 2.44. The minimum absolute atomic E-state index is 0.249. The fraction of sp³-hybridized carbons (Fsp3) is 0.267. The van der Waals surface area contributed by atoms with Crippen molar-refractivity contribution < 1.29 is 4.74 Å². The third-order valence-electron chi connectivity index (χ3n) is 3.37. The number of hydrogen-bond acceptors (Lipinski definition) is 3. The van der Waals surface area contributed by atoms with Crippen LogP contribution < -0.4 is 10.1 Å². The first-order valence-corrected chi connectivity index (χ1v) is 8.03. The summed E-state index contributed by atoms with van der Waals surface area (Å²) in [5, 5.41) is 3.55. The largest absolute Gasteiger partial charge is 0.493 e. The molecule has 1 aromatic carbocycles. The van der Waals surface area contributed by atoms with E-state index in [-0.39, 0.29) is 6.04 Å². The molecule has 104 valence electrons. The Kier molecular flexibility index (Phi) is 3.98. The Morgan fingerprint density at radius 2 is 2.15 bits per heavy atom. The van der Waals surface area contributed by atoms with Gasteiger partial charge < -0.3 is 10.1 Å². The van der Waals surface area contributed by atoms with Crippen LogP contribution in [0.5, 0.6) is 5.75 Å². The highest BCUT2D eigenvalue weighted by molar-refractivity contribution is 9.10. The van der Waals surface area contributed by atoms with Gasteiger partial charge in [-0.25, -0.2) is 4.98 Å². The number of hydrogen-bond donors (Lipinski definition) is 1. The summed E-state index contributed by atoms with van der Waals surface area (Å²) >= 11 is 6.95. The van der Waals surface area contributed by atoms with Crippen LogP contribution >= 0.6 is 31.9 Å². The topological polar surface area (TPSA) is 34.1 Å². The number of nitrogens with zero attached hydrogens (tertiary/aromatic N) is 1. The molecule has 0 aliphatic carbocycles. The first-order chi connectivity index (χ1) is 9.63. The van der Waals surface area contributed by atoms with Crippen LogP contribution in [0, 0.1) is 6.92 Å². The third-order valence-corrected chi connectivity index (χ3v) is 4.69. The van der Waals surface area contributed by atoms with Crippen LogP contribution in [-0.4, -0.2) is 11.6 Å². The molecule has 20 heavy (non-hydrogen) atoms. The monoisotopic (exact) mass is 396 g/mol. The molecule has 3 rings (SSSR count). The second kappa shape index (κ2) is 5.74. The number of halogens is 2. The highest BCUT2D eigenvalue weighted by Gasteiger charge is 2.21. The van der Waals surface area contributed by atoms with Gasteiger partial charge in [-0.05, 0) is 52.7 Å². The van der Waals surface area contributed by atoms with Gasteiger partial charge in [-0.1, -0.05) is 15.9 Å². The van der Waals surface area contributed by atoms with Gasteiger partial charge in [0.15, 0.2) is 0 Å². The number of benzene rings is 1. The van der Waals surface area contributed by atoms with Crippen molar-refractivity contribution in [1.82, 2.24) is 4.98 Å². The molecule has 1 aromatic heterocycles. The normalized spacial score (nSPS) is 17.2. The number of ether oxygens (including phenoxy) is 1. The summed E-state index contributed by atoms with van der Waals surface area (Å²) in [6.45, 7) is 2.77. The SMILES string of the molecule is Cc1cc(NC2CCOc3ccc(Br)cc32)cnc1Br. The molecule has 2 heterocycles. The Hall–Kier alpha value is -1.07. The Labute approximate surface area is 135 Å². The van der Waals surface area contributed by atoms with Crippen LogP contribution in [0.1, 0.15) is 23.6 Å². The standard InChI is InChI=1S/C15H14Br2N2O/c1-9-6-11(8-18-15(9)17)19-13-4-5-20-14-3-2-10(16)7-12(13)14/h2-3,6-8,13,19H,4-5H2,1H3. The van der Waals surface area contributed by atoms with Crippen molar-refractivity contribution in [2.45, 2.75) is 19.4 Å². The van der Waals surface area contributed by atoms with Crippen LogP contribution in [-0.2, 0) is 0 Å². The second-order valence-electron chi connectivity index (χ2n) is 4.85. The predicted octanol–water partition coefficient (Wildman–Crippen LogP) is 4.85. The maximum absolute atomic E-state index is 5.71. The molecule has 5 heteroatoms. The lowest BCUT2D eigenvalue weighted by molar-refractivity contribution is 0.274. The lowest BCUT2D eigenvalue weighted by Crippen LogP contribution is -2.20. The minimum atomic E-state index is 0.249. The summed E-state index contributed by atoms with van der Waals surface area (Å²) in [4.78, 5) is 4.33. The maximum atomic E-state index is 5.71. The summed E-state index contributed by atoms with van der Waals surface area (Å²) in [6.07, 6.45) is 2.79. The first-order valence-electron chi connectivity index (χ1n) is 6.44. The number of aryl methyl sites for hydroxylation is 1. The molecule has 0 spiro atoms. The maximum Gasteiger partial charge on any atom is 0.124 e. The van der Waals surface area contributed by atoms with Crippen molar-refractivity contribution >= 4 is 37.5 Å². The lowest BCUT2D eigenvalue weighted by atomic mass is 10.0. The molecule has 0 fully saturated rings. The first kappa shape index (κ1) is 13.9. The van der Waals surface area contributed by atoms with Crippen molar-refractivity contribution in [1.29, 1.82) is 0 Å². The van der Waals surface area contributed by atoms with E-state index in [0.717, 1.165) is 39.1 Å². The van der Waals surface area contributed by atoms with Gasteiger partial charge in [-0.15, -0.1) is 0 Å². The summed E-state index contributed by atoms with van der Waals surface area (Å²) < 4.78 is 7.66. The van der Waals surface area contributed by atoms with Crippen LogP contribution in [0.3, 0.4) is 0 Å². The van der Waals surface area contributed by atoms with Crippen molar-refractivity contribution in [3.8, 4) is 5.75 Å².